The van der Waals surface area contributed by atoms with Gasteiger partial charge < -0.3 is 19.7 Å². The number of carbonyl (C=O) groups is 3. The molecule has 3 rings (SSSR count). The lowest BCUT2D eigenvalue weighted by atomic mass is 9.60. The van der Waals surface area contributed by atoms with Gasteiger partial charge in [0.05, 0.1) is 6.26 Å². The van der Waals surface area contributed by atoms with E-state index in [1.54, 1.807) is 13.0 Å². The standard InChI is InChI=1S/C24H26O7/c1-14-9-11-18(26)17(13-25)24(14,3)21(20-15(2)22(28)31-23(20)29)30-19(27)12-10-16-7-5-4-6-8-16/h4-8,10,12-14,21,23,25,29H,9,11H2,1-3H3/t14-,21+,23-,24+/m0/s1. The molecule has 0 spiro atoms. The molecule has 1 fully saturated rings. The summed E-state index contributed by atoms with van der Waals surface area (Å²) in [6, 6.07) is 9.14. The lowest BCUT2D eigenvalue weighted by Gasteiger charge is -2.45. The lowest BCUT2D eigenvalue weighted by molar-refractivity contribution is -0.158. The molecule has 0 radical (unpaired) electrons. The van der Waals surface area contributed by atoms with Gasteiger partial charge in [-0.2, -0.15) is 0 Å². The largest absolute Gasteiger partial charge is 0.515 e. The zero-order valence-electron chi connectivity index (χ0n) is 17.7. The Hall–Kier alpha value is -3.19. The first kappa shape index (κ1) is 22.5. The molecule has 1 aromatic carbocycles. The number of ketones is 1. The van der Waals surface area contributed by atoms with Crippen LogP contribution in [0.2, 0.25) is 0 Å². The molecule has 0 unspecified atom stereocenters. The highest BCUT2D eigenvalue weighted by Crippen LogP contribution is 2.50. The highest BCUT2D eigenvalue weighted by Gasteiger charge is 2.54. The number of cyclic esters (lactones) is 1. The van der Waals surface area contributed by atoms with Crippen LogP contribution in [0.1, 0.15) is 39.2 Å². The van der Waals surface area contributed by atoms with Crippen molar-refractivity contribution in [2.75, 3.05) is 0 Å². The van der Waals surface area contributed by atoms with Gasteiger partial charge >= 0.3 is 11.9 Å². The fraction of sp³-hybridized carbons (Fsp3) is 0.375. The molecule has 31 heavy (non-hydrogen) atoms. The smallest absolute Gasteiger partial charge is 0.336 e. The van der Waals surface area contributed by atoms with Crippen LogP contribution in [0.3, 0.4) is 0 Å². The van der Waals surface area contributed by atoms with Crippen LogP contribution in [0.5, 0.6) is 0 Å². The monoisotopic (exact) mass is 426 g/mol. The van der Waals surface area contributed by atoms with E-state index in [4.69, 9.17) is 9.47 Å². The zero-order chi connectivity index (χ0) is 22.8. The number of esters is 2. The summed E-state index contributed by atoms with van der Waals surface area (Å²) >= 11 is 0. The third kappa shape index (κ3) is 4.18. The quantitative estimate of drug-likeness (QED) is 0.422. The molecule has 0 bridgehead atoms. The van der Waals surface area contributed by atoms with Crippen molar-refractivity contribution in [2.45, 2.75) is 46.0 Å². The first-order valence-corrected chi connectivity index (χ1v) is 10.1. The highest BCUT2D eigenvalue weighted by atomic mass is 16.6. The Morgan fingerprint density at radius 3 is 2.55 bits per heavy atom. The first-order valence-electron chi connectivity index (χ1n) is 10.1. The summed E-state index contributed by atoms with van der Waals surface area (Å²) in [4.78, 5) is 37.4. The summed E-state index contributed by atoms with van der Waals surface area (Å²) in [5.74, 6) is -1.93. The van der Waals surface area contributed by atoms with Crippen LogP contribution < -0.4 is 0 Å². The van der Waals surface area contributed by atoms with Crippen LogP contribution >= 0.6 is 0 Å². The molecule has 4 atom stereocenters. The maximum Gasteiger partial charge on any atom is 0.336 e. The Balaban J connectivity index is 2.03. The summed E-state index contributed by atoms with van der Waals surface area (Å²) in [7, 11) is 0. The van der Waals surface area contributed by atoms with Crippen molar-refractivity contribution in [2.24, 2.45) is 11.3 Å². The van der Waals surface area contributed by atoms with Crippen LogP contribution in [-0.4, -0.2) is 40.3 Å². The second-order valence-corrected chi connectivity index (χ2v) is 8.09. The van der Waals surface area contributed by atoms with Gasteiger partial charge in [0.1, 0.15) is 6.10 Å². The molecule has 2 N–H and O–H groups in total. The van der Waals surface area contributed by atoms with Gasteiger partial charge in [-0.3, -0.25) is 4.79 Å². The SMILES string of the molecule is CC1=C([C@@H](OC(=O)C=Cc2ccccc2)[C@@]2(C)C(=CO)C(=O)CC[C@@H]2C)[C@@H](O)OC1=O. The Kier molecular flexibility index (Phi) is 6.45. The van der Waals surface area contributed by atoms with Crippen molar-refractivity contribution in [1.82, 2.24) is 0 Å². The maximum atomic E-state index is 12.7. The molecule has 1 saturated carbocycles. The van der Waals surface area contributed by atoms with Crippen LogP contribution in [-0.2, 0) is 23.9 Å². The van der Waals surface area contributed by atoms with Crippen LogP contribution in [0.4, 0.5) is 0 Å². The van der Waals surface area contributed by atoms with Crippen molar-refractivity contribution in [3.63, 3.8) is 0 Å². The van der Waals surface area contributed by atoms with Crippen molar-refractivity contribution in [1.29, 1.82) is 0 Å². The van der Waals surface area contributed by atoms with E-state index in [9.17, 15) is 24.6 Å². The van der Waals surface area contributed by atoms with E-state index < -0.39 is 29.7 Å². The second kappa shape index (κ2) is 8.89. The van der Waals surface area contributed by atoms with Crippen LogP contribution in [0, 0.1) is 11.3 Å². The molecule has 1 aliphatic carbocycles. The van der Waals surface area contributed by atoms with Crippen LogP contribution in [0.15, 0.2) is 59.4 Å². The number of aliphatic hydroxyl groups is 2. The molecular formula is C24H26O7. The predicted molar refractivity (Wildman–Crippen MR) is 112 cm³/mol. The average molecular weight is 426 g/mol. The van der Waals surface area contributed by atoms with E-state index in [1.807, 2.05) is 37.3 Å². The van der Waals surface area contributed by atoms with E-state index in [1.165, 1.54) is 13.0 Å². The molecule has 1 aromatic rings. The Bertz CT molecular complexity index is 973. The second-order valence-electron chi connectivity index (χ2n) is 8.09. The third-order valence-corrected chi connectivity index (χ3v) is 6.33. The number of carbonyl (C=O) groups excluding carboxylic acids is 3. The summed E-state index contributed by atoms with van der Waals surface area (Å²) < 4.78 is 10.7. The predicted octanol–water partition coefficient (Wildman–Crippen LogP) is 3.25. The summed E-state index contributed by atoms with van der Waals surface area (Å²) in [6.45, 7) is 5.03. The van der Waals surface area contributed by atoms with Gasteiger partial charge in [0.25, 0.3) is 0 Å². The van der Waals surface area contributed by atoms with Gasteiger partial charge in [0.2, 0.25) is 6.29 Å². The first-order chi connectivity index (χ1) is 14.7. The molecule has 164 valence electrons. The Morgan fingerprint density at radius 2 is 1.97 bits per heavy atom. The minimum Gasteiger partial charge on any atom is -0.515 e. The number of aliphatic hydroxyl groups excluding tert-OH is 2. The Labute approximate surface area is 180 Å². The van der Waals surface area contributed by atoms with Gasteiger partial charge in [0.15, 0.2) is 5.78 Å². The average Bonchev–Trinajstić information content (AvgIpc) is 3.00. The minimum atomic E-state index is -1.61. The van der Waals surface area contributed by atoms with E-state index >= 15 is 0 Å². The molecule has 7 heteroatoms. The number of benzene rings is 1. The van der Waals surface area contributed by atoms with Gasteiger partial charge in [-0.25, -0.2) is 9.59 Å². The fourth-order valence-electron chi connectivity index (χ4n) is 4.23. The van der Waals surface area contributed by atoms with E-state index in [2.05, 4.69) is 0 Å². The molecule has 1 heterocycles. The van der Waals surface area contributed by atoms with Crippen molar-refractivity contribution in [3.8, 4) is 0 Å². The molecule has 0 aromatic heterocycles. The fourth-order valence-corrected chi connectivity index (χ4v) is 4.23. The molecule has 1 aliphatic heterocycles. The van der Waals surface area contributed by atoms with Crippen molar-refractivity contribution < 1.29 is 34.1 Å². The van der Waals surface area contributed by atoms with Crippen molar-refractivity contribution in [3.05, 3.63) is 65.0 Å². The highest BCUT2D eigenvalue weighted by molar-refractivity contribution is 5.98. The van der Waals surface area contributed by atoms with Gasteiger partial charge in [-0.15, -0.1) is 0 Å². The summed E-state index contributed by atoms with van der Waals surface area (Å²) in [5, 5.41) is 20.3. The van der Waals surface area contributed by atoms with E-state index in [0.29, 0.717) is 6.42 Å². The minimum absolute atomic E-state index is 0.0786. The van der Waals surface area contributed by atoms with Crippen LogP contribution in [0.25, 0.3) is 6.08 Å². The molecular weight excluding hydrogens is 400 g/mol. The maximum absolute atomic E-state index is 12.7. The van der Waals surface area contributed by atoms with Crippen molar-refractivity contribution >= 4 is 23.8 Å². The van der Waals surface area contributed by atoms with Gasteiger partial charge in [-0.1, -0.05) is 44.2 Å². The molecule has 0 saturated heterocycles. The number of ether oxygens (including phenoxy) is 2. The molecule has 2 aliphatic rings. The number of Topliss-reactive ketones (excluding diaryl/α,β-unsaturated/α-hetero) is 1. The van der Waals surface area contributed by atoms with Gasteiger partial charge in [-0.05, 0) is 30.9 Å². The molecule has 0 amide bonds. The van der Waals surface area contributed by atoms with E-state index in [-0.39, 0.29) is 34.8 Å². The number of hydrogen-bond acceptors (Lipinski definition) is 7. The lowest BCUT2D eigenvalue weighted by Crippen LogP contribution is -2.49. The molecule has 7 nitrogen and oxygen atoms in total. The third-order valence-electron chi connectivity index (χ3n) is 6.33. The zero-order valence-corrected chi connectivity index (χ0v) is 17.7. The number of hydrogen-bond donors (Lipinski definition) is 2. The number of rotatable bonds is 5. The van der Waals surface area contributed by atoms with E-state index in [0.717, 1.165) is 11.8 Å². The van der Waals surface area contributed by atoms with Gasteiger partial charge in [0, 0.05) is 34.6 Å². The normalized spacial score (nSPS) is 28.8. The topological polar surface area (TPSA) is 110 Å². The summed E-state index contributed by atoms with van der Waals surface area (Å²) in [6.07, 6.45) is 1.49. The Morgan fingerprint density at radius 1 is 1.29 bits per heavy atom. The summed E-state index contributed by atoms with van der Waals surface area (Å²) in [5.41, 5.74) is -0.112.